The lowest BCUT2D eigenvalue weighted by molar-refractivity contribution is 0.786. The quantitative estimate of drug-likeness (QED) is 0.586. The van der Waals surface area contributed by atoms with Gasteiger partial charge in [-0.15, -0.1) is 0 Å². The maximum atomic E-state index is 4.80. The fourth-order valence-electron chi connectivity index (χ4n) is 3.21. The van der Waals surface area contributed by atoms with E-state index in [1.807, 2.05) is 19.2 Å². The first-order valence-corrected chi connectivity index (χ1v) is 8.62. The fourth-order valence-corrected chi connectivity index (χ4v) is 3.21. The van der Waals surface area contributed by atoms with Gasteiger partial charge in [-0.2, -0.15) is 5.10 Å². The Morgan fingerprint density at radius 1 is 0.885 bits per heavy atom. The highest BCUT2D eigenvalue weighted by Crippen LogP contribution is 2.28. The van der Waals surface area contributed by atoms with E-state index >= 15 is 0 Å². The molecule has 0 aliphatic carbocycles. The topological polar surface area (TPSA) is 55.6 Å². The summed E-state index contributed by atoms with van der Waals surface area (Å²) in [6.07, 6.45) is 1.81. The monoisotopic (exact) mass is 343 g/mol. The van der Waals surface area contributed by atoms with E-state index in [1.54, 1.807) is 10.9 Å². The second-order valence-electron chi connectivity index (χ2n) is 6.77. The molecular weight excluding hydrogens is 322 g/mol. The van der Waals surface area contributed by atoms with E-state index in [4.69, 9.17) is 9.97 Å². The third kappa shape index (κ3) is 3.04. The average Bonchev–Trinajstić information content (AvgIpc) is 2.95. The molecule has 0 fully saturated rings. The van der Waals surface area contributed by atoms with Gasteiger partial charge < -0.3 is 5.32 Å². The summed E-state index contributed by atoms with van der Waals surface area (Å²) in [4.78, 5) is 9.54. The molecule has 0 aliphatic rings. The van der Waals surface area contributed by atoms with Crippen LogP contribution in [-0.4, -0.2) is 19.7 Å². The molecule has 0 bridgehead atoms. The summed E-state index contributed by atoms with van der Waals surface area (Å²) >= 11 is 0. The molecule has 0 amide bonds. The van der Waals surface area contributed by atoms with Crippen molar-refractivity contribution >= 4 is 22.5 Å². The Morgan fingerprint density at radius 2 is 1.65 bits per heavy atom. The molecule has 0 unspecified atom stereocenters. The summed E-state index contributed by atoms with van der Waals surface area (Å²) in [6.45, 7) is 6.26. The van der Waals surface area contributed by atoms with E-state index in [1.165, 1.54) is 16.7 Å². The number of nitrogens with zero attached hydrogens (tertiary/aromatic N) is 4. The van der Waals surface area contributed by atoms with Crippen molar-refractivity contribution in [1.82, 2.24) is 19.7 Å². The van der Waals surface area contributed by atoms with Gasteiger partial charge in [-0.25, -0.2) is 9.97 Å². The zero-order valence-corrected chi connectivity index (χ0v) is 15.4. The van der Waals surface area contributed by atoms with Gasteiger partial charge in [0.05, 0.1) is 11.6 Å². The van der Waals surface area contributed by atoms with Crippen LogP contribution in [0, 0.1) is 20.8 Å². The molecule has 4 aromatic rings. The molecular formula is C21H21N5. The second kappa shape index (κ2) is 6.26. The average molecular weight is 343 g/mol. The van der Waals surface area contributed by atoms with Gasteiger partial charge in [0.25, 0.3) is 0 Å². The Kier molecular flexibility index (Phi) is 3.92. The lowest BCUT2D eigenvalue weighted by Crippen LogP contribution is -2.01. The predicted molar refractivity (Wildman–Crippen MR) is 106 cm³/mol. The smallest absolute Gasteiger partial charge is 0.164 e. The van der Waals surface area contributed by atoms with E-state index in [9.17, 15) is 0 Å². The highest BCUT2D eigenvalue weighted by atomic mass is 15.3. The van der Waals surface area contributed by atoms with Crippen LogP contribution in [0.3, 0.4) is 0 Å². The third-order valence-electron chi connectivity index (χ3n) is 4.35. The molecule has 0 radical (unpaired) electrons. The summed E-state index contributed by atoms with van der Waals surface area (Å²) in [5, 5.41) is 8.73. The van der Waals surface area contributed by atoms with Gasteiger partial charge in [0, 0.05) is 18.3 Å². The van der Waals surface area contributed by atoms with Crippen LogP contribution >= 0.6 is 0 Å². The Bertz CT molecular complexity index is 1090. The molecule has 130 valence electrons. The molecule has 0 saturated heterocycles. The van der Waals surface area contributed by atoms with Crippen molar-refractivity contribution in [1.29, 1.82) is 0 Å². The molecule has 0 atom stereocenters. The summed E-state index contributed by atoms with van der Waals surface area (Å²) in [5.74, 6) is 1.46. The van der Waals surface area contributed by atoms with Crippen molar-refractivity contribution in [2.24, 2.45) is 7.05 Å². The largest absolute Gasteiger partial charge is 0.339 e. The SMILES string of the molecule is Cc1cc(C)cc(Nc2nc(-c3cccc(C)c3)nc3c2cnn3C)c1. The van der Waals surface area contributed by atoms with Gasteiger partial charge in [0.2, 0.25) is 0 Å². The number of rotatable bonds is 3. The second-order valence-corrected chi connectivity index (χ2v) is 6.77. The third-order valence-corrected chi connectivity index (χ3v) is 4.35. The van der Waals surface area contributed by atoms with E-state index in [-0.39, 0.29) is 0 Å². The maximum absolute atomic E-state index is 4.80. The van der Waals surface area contributed by atoms with Crippen LogP contribution in [0.15, 0.2) is 48.7 Å². The number of fused-ring (bicyclic) bond motifs is 1. The number of benzene rings is 2. The van der Waals surface area contributed by atoms with E-state index in [2.05, 4.69) is 61.5 Å². The van der Waals surface area contributed by atoms with E-state index < -0.39 is 0 Å². The molecule has 0 spiro atoms. The molecule has 5 nitrogen and oxygen atoms in total. The first-order valence-electron chi connectivity index (χ1n) is 8.62. The molecule has 0 saturated carbocycles. The molecule has 2 aromatic heterocycles. The van der Waals surface area contributed by atoms with E-state index in [0.29, 0.717) is 5.82 Å². The summed E-state index contributed by atoms with van der Waals surface area (Å²) < 4.78 is 1.78. The van der Waals surface area contributed by atoms with Crippen LogP contribution in [0.25, 0.3) is 22.4 Å². The van der Waals surface area contributed by atoms with Gasteiger partial charge in [0.15, 0.2) is 11.5 Å². The molecule has 1 N–H and O–H groups in total. The summed E-state index contributed by atoms with van der Waals surface area (Å²) in [7, 11) is 1.90. The minimum atomic E-state index is 0.691. The van der Waals surface area contributed by atoms with Gasteiger partial charge in [-0.3, -0.25) is 4.68 Å². The molecule has 5 heteroatoms. The Hall–Kier alpha value is -3.21. The zero-order chi connectivity index (χ0) is 18.3. The van der Waals surface area contributed by atoms with Crippen molar-refractivity contribution in [3.63, 3.8) is 0 Å². The summed E-state index contributed by atoms with van der Waals surface area (Å²) in [6, 6.07) is 14.6. The number of hydrogen-bond acceptors (Lipinski definition) is 4. The number of aryl methyl sites for hydroxylation is 4. The lowest BCUT2D eigenvalue weighted by Gasteiger charge is -2.11. The normalized spacial score (nSPS) is 11.1. The van der Waals surface area contributed by atoms with Crippen molar-refractivity contribution in [2.75, 3.05) is 5.32 Å². The zero-order valence-electron chi connectivity index (χ0n) is 15.4. The van der Waals surface area contributed by atoms with Gasteiger partial charge in [-0.1, -0.05) is 29.8 Å². The molecule has 4 rings (SSSR count). The predicted octanol–water partition coefficient (Wildman–Crippen LogP) is 4.70. The Balaban J connectivity index is 1.87. The fraction of sp³-hybridized carbons (Fsp3) is 0.190. The van der Waals surface area contributed by atoms with Crippen LogP contribution in [0.4, 0.5) is 11.5 Å². The van der Waals surface area contributed by atoms with Crippen molar-refractivity contribution < 1.29 is 0 Å². The lowest BCUT2D eigenvalue weighted by atomic mass is 10.1. The summed E-state index contributed by atoms with van der Waals surface area (Å²) in [5.41, 5.74) is 6.42. The van der Waals surface area contributed by atoms with Crippen molar-refractivity contribution in [3.05, 3.63) is 65.4 Å². The number of aromatic nitrogens is 4. The molecule has 26 heavy (non-hydrogen) atoms. The molecule has 0 aliphatic heterocycles. The number of nitrogens with one attached hydrogen (secondary N) is 1. The van der Waals surface area contributed by atoms with E-state index in [0.717, 1.165) is 28.1 Å². The minimum Gasteiger partial charge on any atom is -0.339 e. The minimum absolute atomic E-state index is 0.691. The van der Waals surface area contributed by atoms with Crippen molar-refractivity contribution in [2.45, 2.75) is 20.8 Å². The first-order chi connectivity index (χ1) is 12.5. The molecule has 2 heterocycles. The number of anilines is 2. The van der Waals surface area contributed by atoms with Crippen LogP contribution < -0.4 is 5.32 Å². The van der Waals surface area contributed by atoms with Crippen LogP contribution in [-0.2, 0) is 7.05 Å². The van der Waals surface area contributed by atoms with Crippen molar-refractivity contribution in [3.8, 4) is 11.4 Å². The van der Waals surface area contributed by atoms with Crippen LogP contribution in [0.5, 0.6) is 0 Å². The standard InChI is InChI=1S/C21H21N5/c1-13-6-5-7-16(9-13)19-24-20(18-12-22-26(4)21(18)25-19)23-17-10-14(2)8-15(3)11-17/h5-12H,1-4H3,(H,23,24,25). The molecule has 2 aromatic carbocycles. The Morgan fingerprint density at radius 3 is 2.38 bits per heavy atom. The highest BCUT2D eigenvalue weighted by molar-refractivity contribution is 5.90. The van der Waals surface area contributed by atoms with Gasteiger partial charge in [0.1, 0.15) is 5.82 Å². The Labute approximate surface area is 152 Å². The van der Waals surface area contributed by atoms with Crippen LogP contribution in [0.2, 0.25) is 0 Å². The highest BCUT2D eigenvalue weighted by Gasteiger charge is 2.13. The first kappa shape index (κ1) is 16.3. The van der Waals surface area contributed by atoms with Crippen LogP contribution in [0.1, 0.15) is 16.7 Å². The van der Waals surface area contributed by atoms with Gasteiger partial charge in [-0.05, 0) is 50.1 Å². The van der Waals surface area contributed by atoms with Gasteiger partial charge >= 0.3 is 0 Å². The number of hydrogen-bond donors (Lipinski definition) is 1. The maximum Gasteiger partial charge on any atom is 0.164 e.